The van der Waals surface area contributed by atoms with Crippen molar-refractivity contribution in [3.8, 4) is 0 Å². The summed E-state index contributed by atoms with van der Waals surface area (Å²) in [6.45, 7) is 0. The third-order valence-corrected chi connectivity index (χ3v) is 3.14. The minimum absolute atomic E-state index is 0.148. The number of rotatable bonds is 0. The number of carbonyl (C=O) groups excluding carboxylic acids is 1. The molecule has 1 N–H and O–H groups in total. The second-order valence-corrected chi connectivity index (χ2v) is 4.09. The van der Waals surface area contributed by atoms with Crippen LogP contribution >= 0.6 is 0 Å². The average Bonchev–Trinajstić information content (AvgIpc) is 2.48. The van der Waals surface area contributed by atoms with E-state index in [-0.39, 0.29) is 5.91 Å². The Morgan fingerprint density at radius 2 is 2.33 bits per heavy atom. The third kappa shape index (κ3) is 1.35. The molecule has 1 aliphatic carbocycles. The molecule has 3 heteroatoms. The number of hydrogen-bond acceptors (Lipinski definition) is 2. The maximum absolute atomic E-state index is 11.3. The van der Waals surface area contributed by atoms with Crippen LogP contribution in [0, 0.1) is 5.92 Å². The monoisotopic (exact) mass is 200 g/mol. The molecule has 0 saturated carbocycles. The fourth-order valence-electron chi connectivity index (χ4n) is 2.42. The number of aliphatic imine (C=N–C) groups is 1. The largest absolute Gasteiger partial charge is 0.329 e. The highest BCUT2D eigenvalue weighted by Crippen LogP contribution is 2.34. The van der Waals surface area contributed by atoms with Crippen LogP contribution in [-0.4, -0.2) is 11.6 Å². The molecule has 0 aromatic heterocycles. The highest BCUT2D eigenvalue weighted by Gasteiger charge is 2.33. The van der Waals surface area contributed by atoms with E-state index in [1.807, 2.05) is 18.4 Å². The van der Waals surface area contributed by atoms with Gasteiger partial charge in [0.2, 0.25) is 5.91 Å². The van der Waals surface area contributed by atoms with Crippen LogP contribution in [0.1, 0.15) is 19.3 Å². The van der Waals surface area contributed by atoms with Gasteiger partial charge < -0.3 is 5.32 Å². The Balaban J connectivity index is 2.12. The molecule has 76 valence electrons. The topological polar surface area (TPSA) is 41.5 Å². The Morgan fingerprint density at radius 3 is 3.27 bits per heavy atom. The Kier molecular flexibility index (Phi) is 1.84. The first-order chi connectivity index (χ1) is 7.34. The Morgan fingerprint density at radius 1 is 1.40 bits per heavy atom. The van der Waals surface area contributed by atoms with Crippen LogP contribution < -0.4 is 5.32 Å². The number of carbonyl (C=O) groups is 1. The predicted octanol–water partition coefficient (Wildman–Crippen LogP) is 1.69. The smallest absolute Gasteiger partial charge is 0.224 e. The van der Waals surface area contributed by atoms with E-state index in [0.717, 1.165) is 29.8 Å². The van der Waals surface area contributed by atoms with Crippen LogP contribution in [0.25, 0.3) is 0 Å². The molecule has 1 atom stereocenters. The van der Waals surface area contributed by atoms with Crippen molar-refractivity contribution < 1.29 is 4.79 Å². The zero-order valence-corrected chi connectivity index (χ0v) is 8.36. The van der Waals surface area contributed by atoms with Gasteiger partial charge in [-0.15, -0.1) is 0 Å². The highest BCUT2D eigenvalue weighted by molar-refractivity contribution is 6.06. The zero-order valence-electron chi connectivity index (χ0n) is 8.36. The van der Waals surface area contributed by atoms with Crippen LogP contribution in [0.15, 0.2) is 40.7 Å². The van der Waals surface area contributed by atoms with Crippen LogP contribution in [-0.2, 0) is 4.79 Å². The molecule has 15 heavy (non-hydrogen) atoms. The summed E-state index contributed by atoms with van der Waals surface area (Å²) in [4.78, 5) is 15.7. The van der Waals surface area contributed by atoms with Crippen LogP contribution in [0.4, 0.5) is 0 Å². The number of allylic oxidation sites excluding steroid dienone is 5. The molecule has 0 aromatic rings. The van der Waals surface area contributed by atoms with Gasteiger partial charge in [-0.2, -0.15) is 0 Å². The number of hydrogen-bond donors (Lipinski definition) is 1. The maximum Gasteiger partial charge on any atom is 0.224 e. The highest BCUT2D eigenvalue weighted by atomic mass is 16.1. The van der Waals surface area contributed by atoms with Gasteiger partial charge in [0, 0.05) is 35.5 Å². The second-order valence-electron chi connectivity index (χ2n) is 4.09. The lowest BCUT2D eigenvalue weighted by Gasteiger charge is -2.21. The standard InChI is InChI=1S/C12H12N2O/c15-11-7-8-4-5-10-9(12(8)14-11)3-1-2-6-13-10/h1-3,6,8H,4-5,7H2,(H,14,15). The van der Waals surface area contributed by atoms with Gasteiger partial charge in [0.1, 0.15) is 0 Å². The summed E-state index contributed by atoms with van der Waals surface area (Å²) in [5.41, 5.74) is 3.32. The van der Waals surface area contributed by atoms with Crippen molar-refractivity contribution in [2.45, 2.75) is 19.3 Å². The number of nitrogens with one attached hydrogen (secondary N) is 1. The lowest BCUT2D eigenvalue weighted by molar-refractivity contribution is -0.119. The van der Waals surface area contributed by atoms with E-state index >= 15 is 0 Å². The van der Waals surface area contributed by atoms with E-state index in [1.165, 1.54) is 0 Å². The SMILES string of the molecule is O=C1CC2CCC3=NC=CC=CC3=C2N1. The van der Waals surface area contributed by atoms with Gasteiger partial charge in [-0.1, -0.05) is 12.2 Å². The molecular weight excluding hydrogens is 188 g/mol. The van der Waals surface area contributed by atoms with Crippen molar-refractivity contribution in [1.82, 2.24) is 5.32 Å². The molecule has 0 aromatic carbocycles. The number of amides is 1. The number of nitrogens with zero attached hydrogens (tertiary/aromatic N) is 1. The van der Waals surface area contributed by atoms with Crippen LogP contribution in [0.3, 0.4) is 0 Å². The molecule has 1 amide bonds. The van der Waals surface area contributed by atoms with Crippen LogP contribution in [0.5, 0.6) is 0 Å². The molecule has 2 heterocycles. The summed E-state index contributed by atoms with van der Waals surface area (Å²) >= 11 is 0. The van der Waals surface area contributed by atoms with E-state index in [2.05, 4.69) is 16.4 Å². The van der Waals surface area contributed by atoms with E-state index < -0.39 is 0 Å². The van der Waals surface area contributed by atoms with Crippen LogP contribution in [0.2, 0.25) is 0 Å². The third-order valence-electron chi connectivity index (χ3n) is 3.14. The van der Waals surface area contributed by atoms with Crippen molar-refractivity contribution >= 4 is 11.6 Å². The van der Waals surface area contributed by atoms with Gasteiger partial charge >= 0.3 is 0 Å². The van der Waals surface area contributed by atoms with Gasteiger partial charge in [-0.25, -0.2) is 0 Å². The first kappa shape index (κ1) is 8.65. The van der Waals surface area contributed by atoms with E-state index in [1.54, 1.807) is 0 Å². The summed E-state index contributed by atoms with van der Waals surface area (Å²) in [5.74, 6) is 0.545. The Hall–Kier alpha value is -1.64. The molecule has 2 aliphatic heterocycles. The minimum atomic E-state index is 0.148. The lowest BCUT2D eigenvalue weighted by Crippen LogP contribution is -2.21. The quantitative estimate of drug-likeness (QED) is 0.635. The van der Waals surface area contributed by atoms with E-state index in [9.17, 15) is 4.79 Å². The first-order valence-corrected chi connectivity index (χ1v) is 5.29. The molecule has 0 radical (unpaired) electrons. The first-order valence-electron chi connectivity index (χ1n) is 5.29. The normalized spacial score (nSPS) is 28.1. The fourth-order valence-corrected chi connectivity index (χ4v) is 2.42. The second kappa shape index (κ2) is 3.19. The van der Waals surface area contributed by atoms with Crippen molar-refractivity contribution in [3.05, 3.63) is 35.7 Å². The molecule has 1 fully saturated rings. The average molecular weight is 200 g/mol. The fraction of sp³-hybridized carbons (Fsp3) is 0.333. The molecule has 3 nitrogen and oxygen atoms in total. The Labute approximate surface area is 88.3 Å². The molecule has 0 bridgehead atoms. The molecule has 0 spiro atoms. The van der Waals surface area contributed by atoms with Gasteiger partial charge in [0.05, 0.1) is 0 Å². The van der Waals surface area contributed by atoms with Gasteiger partial charge in [0.25, 0.3) is 0 Å². The van der Waals surface area contributed by atoms with Gasteiger partial charge in [-0.05, 0) is 18.9 Å². The summed E-state index contributed by atoms with van der Waals surface area (Å²) in [6.07, 6.45) is 10.4. The van der Waals surface area contributed by atoms with E-state index in [4.69, 9.17) is 0 Å². The van der Waals surface area contributed by atoms with Gasteiger partial charge in [-0.3, -0.25) is 9.79 Å². The van der Waals surface area contributed by atoms with Crippen molar-refractivity contribution in [3.63, 3.8) is 0 Å². The number of fused-ring (bicyclic) bond motifs is 2. The lowest BCUT2D eigenvalue weighted by atomic mass is 9.86. The Bertz CT molecular complexity index is 441. The van der Waals surface area contributed by atoms with Crippen molar-refractivity contribution in [2.24, 2.45) is 10.9 Å². The molecule has 3 rings (SSSR count). The van der Waals surface area contributed by atoms with Gasteiger partial charge in [0.15, 0.2) is 0 Å². The zero-order chi connectivity index (χ0) is 10.3. The summed E-state index contributed by atoms with van der Waals surface area (Å²) in [7, 11) is 0. The summed E-state index contributed by atoms with van der Waals surface area (Å²) in [6, 6.07) is 0. The minimum Gasteiger partial charge on any atom is -0.329 e. The van der Waals surface area contributed by atoms with E-state index in [0.29, 0.717) is 12.3 Å². The molecular formula is C12H12N2O. The van der Waals surface area contributed by atoms with Crippen molar-refractivity contribution in [1.29, 1.82) is 0 Å². The maximum atomic E-state index is 11.3. The molecule has 1 saturated heterocycles. The molecule has 1 unspecified atom stereocenters. The summed E-state index contributed by atoms with van der Waals surface area (Å²) in [5, 5.41) is 2.96. The summed E-state index contributed by atoms with van der Waals surface area (Å²) < 4.78 is 0. The van der Waals surface area contributed by atoms with Crippen molar-refractivity contribution in [2.75, 3.05) is 0 Å². The predicted molar refractivity (Wildman–Crippen MR) is 58.2 cm³/mol. The molecule has 3 aliphatic rings.